The van der Waals surface area contributed by atoms with Gasteiger partial charge in [0.1, 0.15) is 0 Å². The van der Waals surface area contributed by atoms with E-state index in [1.54, 1.807) is 17.9 Å². The van der Waals surface area contributed by atoms with Crippen molar-refractivity contribution in [2.24, 2.45) is 16.8 Å². The average Bonchev–Trinajstić information content (AvgIpc) is 3.09. The summed E-state index contributed by atoms with van der Waals surface area (Å²) < 4.78 is 29.7. The number of ether oxygens (including phenoxy) is 1. The van der Waals surface area contributed by atoms with Crippen molar-refractivity contribution >= 4 is 50.6 Å². The molecule has 2 amide bonds. The molecule has 0 aliphatic carbocycles. The Morgan fingerprint density at radius 2 is 2.00 bits per heavy atom. The minimum absolute atomic E-state index is 0.00590. The molecule has 3 atom stereocenters. The molecule has 10 heteroatoms. The molecular weight excluding hydrogens is 487 g/mol. The standard InChI is InChI=1S/C23H26Cl2N2O5S/c1-12-8-13(2)26-22(28)17(12)10-27-6-4-15-18(24)9-16(20(25)19(15)23(27)29)21(32-3)14-5-7-33(30,31)11-14/h8-9,14,17,21H,4-7,10-11H2,1-3H3. The lowest BCUT2D eigenvalue weighted by Gasteiger charge is -2.34. The Morgan fingerprint density at radius 1 is 1.27 bits per heavy atom. The molecule has 0 aromatic heterocycles. The van der Waals surface area contributed by atoms with Crippen molar-refractivity contribution in [3.8, 4) is 0 Å². The molecule has 3 unspecified atom stereocenters. The van der Waals surface area contributed by atoms with Gasteiger partial charge < -0.3 is 9.64 Å². The van der Waals surface area contributed by atoms with E-state index >= 15 is 0 Å². The molecule has 3 aliphatic heterocycles. The van der Waals surface area contributed by atoms with E-state index in [1.165, 1.54) is 7.11 Å². The summed E-state index contributed by atoms with van der Waals surface area (Å²) in [6.45, 7) is 4.26. The Hall–Kier alpha value is -1.74. The molecule has 0 N–H and O–H groups in total. The van der Waals surface area contributed by atoms with Gasteiger partial charge in [-0.15, -0.1) is 0 Å². The van der Waals surface area contributed by atoms with Crippen LogP contribution in [-0.4, -0.2) is 62.5 Å². The number of rotatable bonds is 5. The number of aliphatic imine (C=N–C) groups is 1. The quantitative estimate of drug-likeness (QED) is 0.599. The summed E-state index contributed by atoms with van der Waals surface area (Å²) in [5, 5.41) is 0.640. The van der Waals surface area contributed by atoms with Crippen molar-refractivity contribution in [1.29, 1.82) is 0 Å². The van der Waals surface area contributed by atoms with Crippen LogP contribution < -0.4 is 0 Å². The van der Waals surface area contributed by atoms with Crippen LogP contribution in [0.3, 0.4) is 0 Å². The molecule has 3 heterocycles. The highest BCUT2D eigenvalue weighted by Crippen LogP contribution is 2.42. The van der Waals surface area contributed by atoms with Gasteiger partial charge in [-0.1, -0.05) is 28.8 Å². The smallest absolute Gasteiger partial charge is 0.255 e. The lowest BCUT2D eigenvalue weighted by molar-refractivity contribution is -0.120. The van der Waals surface area contributed by atoms with Crippen molar-refractivity contribution in [2.45, 2.75) is 32.8 Å². The van der Waals surface area contributed by atoms with Crippen LogP contribution in [0, 0.1) is 11.8 Å². The third-order valence-corrected chi connectivity index (χ3v) is 9.25. The Morgan fingerprint density at radius 3 is 2.61 bits per heavy atom. The molecule has 1 aromatic carbocycles. The van der Waals surface area contributed by atoms with Crippen LogP contribution >= 0.6 is 23.2 Å². The second-order valence-electron chi connectivity index (χ2n) is 8.97. The molecule has 0 radical (unpaired) electrons. The van der Waals surface area contributed by atoms with Gasteiger partial charge >= 0.3 is 0 Å². The number of allylic oxidation sites excluding steroid dienone is 1. The number of amides is 2. The van der Waals surface area contributed by atoms with Gasteiger partial charge in [0.15, 0.2) is 9.84 Å². The monoisotopic (exact) mass is 512 g/mol. The summed E-state index contributed by atoms with van der Waals surface area (Å²) >= 11 is 13.3. The number of carbonyl (C=O) groups excluding carboxylic acids is 2. The number of benzene rings is 1. The first kappa shape index (κ1) is 24.4. The number of dihydropyridines is 1. The van der Waals surface area contributed by atoms with Crippen molar-refractivity contribution in [3.05, 3.63) is 44.5 Å². The van der Waals surface area contributed by atoms with E-state index in [1.807, 2.05) is 13.0 Å². The zero-order chi connectivity index (χ0) is 24.1. The normalized spacial score (nSPS) is 25.5. The van der Waals surface area contributed by atoms with Crippen LogP contribution in [0.15, 0.2) is 22.7 Å². The number of methoxy groups -OCH3 is 1. The summed E-state index contributed by atoms with van der Waals surface area (Å²) in [6.07, 6.45) is 2.22. The van der Waals surface area contributed by atoms with Gasteiger partial charge in [-0.2, -0.15) is 0 Å². The fraction of sp³-hybridized carbons (Fsp3) is 0.522. The molecule has 0 saturated carbocycles. The van der Waals surface area contributed by atoms with Gasteiger partial charge in [0, 0.05) is 42.4 Å². The summed E-state index contributed by atoms with van der Waals surface area (Å²) in [6, 6.07) is 1.69. The van der Waals surface area contributed by atoms with Gasteiger partial charge in [-0.25, -0.2) is 13.4 Å². The fourth-order valence-corrected chi connectivity index (χ4v) is 7.51. The van der Waals surface area contributed by atoms with Crippen LogP contribution in [-0.2, 0) is 25.8 Å². The van der Waals surface area contributed by atoms with E-state index in [4.69, 9.17) is 27.9 Å². The maximum Gasteiger partial charge on any atom is 0.255 e. The number of sulfone groups is 1. The second kappa shape index (κ2) is 9.13. The van der Waals surface area contributed by atoms with Crippen molar-refractivity contribution in [3.63, 3.8) is 0 Å². The minimum Gasteiger partial charge on any atom is -0.376 e. The highest BCUT2D eigenvalue weighted by molar-refractivity contribution is 7.91. The number of hydrogen-bond donors (Lipinski definition) is 0. The molecule has 1 saturated heterocycles. The first-order valence-corrected chi connectivity index (χ1v) is 13.4. The predicted molar refractivity (Wildman–Crippen MR) is 128 cm³/mol. The lowest BCUT2D eigenvalue weighted by atomic mass is 9.89. The van der Waals surface area contributed by atoms with Crippen LogP contribution in [0.5, 0.6) is 0 Å². The number of halogens is 2. The van der Waals surface area contributed by atoms with E-state index in [0.717, 1.165) is 5.57 Å². The number of carbonyl (C=O) groups is 2. The van der Waals surface area contributed by atoms with E-state index in [-0.39, 0.29) is 40.8 Å². The van der Waals surface area contributed by atoms with Gasteiger partial charge in [0.2, 0.25) is 0 Å². The highest BCUT2D eigenvalue weighted by atomic mass is 35.5. The molecule has 4 rings (SSSR count). The molecule has 1 fully saturated rings. The summed E-state index contributed by atoms with van der Waals surface area (Å²) in [5.41, 5.74) is 3.01. The minimum atomic E-state index is -3.13. The Labute approximate surface area is 203 Å². The van der Waals surface area contributed by atoms with E-state index < -0.39 is 21.9 Å². The van der Waals surface area contributed by atoms with Gasteiger partial charge in [-0.3, -0.25) is 9.59 Å². The number of fused-ring (bicyclic) bond motifs is 1. The van der Waals surface area contributed by atoms with E-state index in [0.29, 0.717) is 46.8 Å². The molecule has 178 valence electrons. The van der Waals surface area contributed by atoms with Crippen LogP contribution in [0.25, 0.3) is 0 Å². The summed E-state index contributed by atoms with van der Waals surface area (Å²) in [5.74, 6) is -1.21. The topological polar surface area (TPSA) is 93.1 Å². The third-order valence-electron chi connectivity index (χ3n) is 6.71. The SMILES string of the molecule is COC(c1cc(Cl)c2c(c1Cl)C(=O)N(CC1C(=O)N=C(C)C=C1C)CC2)C1CCS(=O)(=O)C1. The van der Waals surface area contributed by atoms with Gasteiger partial charge in [0.25, 0.3) is 11.8 Å². The first-order valence-electron chi connectivity index (χ1n) is 10.8. The maximum atomic E-state index is 13.5. The number of nitrogens with zero attached hydrogens (tertiary/aromatic N) is 2. The van der Waals surface area contributed by atoms with Crippen molar-refractivity contribution in [2.75, 3.05) is 31.7 Å². The zero-order valence-corrected chi connectivity index (χ0v) is 21.1. The molecule has 7 nitrogen and oxygen atoms in total. The molecule has 0 bridgehead atoms. The maximum absolute atomic E-state index is 13.5. The Bertz CT molecular complexity index is 1190. The summed E-state index contributed by atoms with van der Waals surface area (Å²) in [4.78, 5) is 31.6. The fourth-order valence-electron chi connectivity index (χ4n) is 5.03. The predicted octanol–water partition coefficient (Wildman–Crippen LogP) is 3.68. The highest BCUT2D eigenvalue weighted by Gasteiger charge is 2.39. The van der Waals surface area contributed by atoms with Crippen molar-refractivity contribution in [1.82, 2.24) is 4.90 Å². The lowest BCUT2D eigenvalue weighted by Crippen LogP contribution is -2.43. The Balaban J connectivity index is 1.66. The largest absolute Gasteiger partial charge is 0.376 e. The third kappa shape index (κ3) is 4.63. The molecule has 1 aromatic rings. The zero-order valence-electron chi connectivity index (χ0n) is 18.7. The van der Waals surface area contributed by atoms with Gasteiger partial charge in [0.05, 0.1) is 34.1 Å². The van der Waals surface area contributed by atoms with E-state index in [9.17, 15) is 18.0 Å². The van der Waals surface area contributed by atoms with E-state index in [2.05, 4.69) is 4.99 Å². The van der Waals surface area contributed by atoms with Crippen LogP contribution in [0.1, 0.15) is 47.9 Å². The summed E-state index contributed by atoms with van der Waals surface area (Å²) in [7, 11) is -1.63. The van der Waals surface area contributed by atoms with Crippen LogP contribution in [0.2, 0.25) is 10.0 Å². The number of hydrogen-bond acceptors (Lipinski definition) is 5. The molecule has 3 aliphatic rings. The van der Waals surface area contributed by atoms with Crippen molar-refractivity contribution < 1.29 is 22.7 Å². The Kier molecular flexibility index (Phi) is 6.75. The average molecular weight is 513 g/mol. The molecular formula is C23H26Cl2N2O5S. The first-order chi connectivity index (χ1) is 15.5. The molecule has 0 spiro atoms. The molecule has 33 heavy (non-hydrogen) atoms. The second-order valence-corrected chi connectivity index (χ2v) is 12.0. The van der Waals surface area contributed by atoms with Crippen LogP contribution in [0.4, 0.5) is 0 Å². The van der Waals surface area contributed by atoms with Gasteiger partial charge in [-0.05, 0) is 44.4 Å².